The fraction of sp³-hybridized carbons (Fsp3) is 0.429. The van der Waals surface area contributed by atoms with Crippen LogP contribution in [-0.4, -0.2) is 17.8 Å². The van der Waals surface area contributed by atoms with Crippen LogP contribution in [0.25, 0.3) is 0 Å². The van der Waals surface area contributed by atoms with Crippen LogP contribution in [-0.2, 0) is 11.3 Å². The Morgan fingerprint density at radius 3 is 2.83 bits per heavy atom. The Morgan fingerprint density at radius 1 is 1.75 bits per heavy atom. The first-order valence-corrected chi connectivity index (χ1v) is 3.48. The maximum Gasteiger partial charge on any atom is 0.376 e. The second kappa shape index (κ2) is 3.25. The lowest BCUT2D eigenvalue weighted by molar-refractivity contribution is 0.0538. The number of hydrogen-bond acceptors (Lipinski definition) is 4. The molecule has 0 spiro atoms. The van der Waals surface area contributed by atoms with Crippen molar-refractivity contribution in [1.29, 1.82) is 0 Å². The average molecular weight is 171 g/mol. The molecule has 0 aliphatic rings. The molecule has 0 amide bonds. The van der Waals surface area contributed by atoms with Crippen molar-refractivity contribution in [2.45, 2.75) is 13.5 Å². The standard InChI is InChI=1S/C7H9NO4/c1-3-8-6(9)4-5(12-8)7(10)11-2/h4H,3H2,1-2H3. The Kier molecular flexibility index (Phi) is 2.32. The molecule has 0 atom stereocenters. The van der Waals surface area contributed by atoms with E-state index in [1.54, 1.807) is 6.92 Å². The Hall–Kier alpha value is -1.52. The van der Waals surface area contributed by atoms with Crippen LogP contribution in [0.4, 0.5) is 0 Å². The van der Waals surface area contributed by atoms with Crippen LogP contribution in [0.2, 0.25) is 0 Å². The van der Waals surface area contributed by atoms with Crippen molar-refractivity contribution in [2.75, 3.05) is 7.11 Å². The molecule has 1 aromatic heterocycles. The summed E-state index contributed by atoms with van der Waals surface area (Å²) in [6.07, 6.45) is 0. The number of aromatic nitrogens is 1. The molecule has 1 aromatic rings. The first kappa shape index (κ1) is 8.58. The molecule has 12 heavy (non-hydrogen) atoms. The molecule has 5 heteroatoms. The van der Waals surface area contributed by atoms with E-state index in [9.17, 15) is 9.59 Å². The molecule has 0 aliphatic carbocycles. The summed E-state index contributed by atoms with van der Waals surface area (Å²) in [5.74, 6) is -0.705. The highest BCUT2D eigenvalue weighted by molar-refractivity contribution is 5.85. The summed E-state index contributed by atoms with van der Waals surface area (Å²) in [5, 5.41) is 0. The summed E-state index contributed by atoms with van der Waals surface area (Å²) < 4.78 is 10.3. The van der Waals surface area contributed by atoms with E-state index in [-0.39, 0.29) is 11.3 Å². The molecule has 0 bridgehead atoms. The van der Waals surface area contributed by atoms with Crippen molar-refractivity contribution in [3.8, 4) is 0 Å². The van der Waals surface area contributed by atoms with E-state index >= 15 is 0 Å². The molecule has 0 N–H and O–H groups in total. The number of carbonyl (C=O) groups excluding carboxylic acids is 1. The second-order valence-electron chi connectivity index (χ2n) is 2.12. The number of nitrogens with zero attached hydrogens (tertiary/aromatic N) is 1. The topological polar surface area (TPSA) is 61.4 Å². The van der Waals surface area contributed by atoms with Crippen LogP contribution in [0, 0.1) is 0 Å². The lowest BCUT2D eigenvalue weighted by Crippen LogP contribution is -2.10. The molecule has 0 unspecified atom stereocenters. The van der Waals surface area contributed by atoms with E-state index in [1.165, 1.54) is 7.11 Å². The van der Waals surface area contributed by atoms with E-state index in [2.05, 4.69) is 4.74 Å². The van der Waals surface area contributed by atoms with Crippen molar-refractivity contribution in [3.05, 3.63) is 22.2 Å². The lowest BCUT2D eigenvalue weighted by Gasteiger charge is -1.92. The van der Waals surface area contributed by atoms with Gasteiger partial charge in [-0.25, -0.2) is 4.79 Å². The minimum atomic E-state index is -0.640. The van der Waals surface area contributed by atoms with Gasteiger partial charge in [0.25, 0.3) is 5.56 Å². The van der Waals surface area contributed by atoms with Gasteiger partial charge < -0.3 is 9.26 Å². The second-order valence-corrected chi connectivity index (χ2v) is 2.12. The van der Waals surface area contributed by atoms with Gasteiger partial charge in [0.2, 0.25) is 5.76 Å². The molecule has 0 aromatic carbocycles. The smallest absolute Gasteiger partial charge is 0.376 e. The molecule has 66 valence electrons. The predicted octanol–water partition coefficient (Wildman–Crippen LogP) is 0.248. The van der Waals surface area contributed by atoms with Gasteiger partial charge in [-0.15, -0.1) is 0 Å². The van der Waals surface area contributed by atoms with Gasteiger partial charge in [-0.3, -0.25) is 4.79 Å². The normalized spacial score (nSPS) is 9.83. The molecule has 0 fully saturated rings. The first-order valence-electron chi connectivity index (χ1n) is 3.48. The third kappa shape index (κ3) is 1.39. The van der Waals surface area contributed by atoms with Gasteiger partial charge in [-0.1, -0.05) is 0 Å². The SMILES string of the molecule is CCn1oc(C(=O)OC)cc1=O. The highest BCUT2D eigenvalue weighted by Gasteiger charge is 2.12. The van der Waals surface area contributed by atoms with Gasteiger partial charge in [0.15, 0.2) is 0 Å². The van der Waals surface area contributed by atoms with Crippen LogP contribution in [0.3, 0.4) is 0 Å². The third-order valence-corrected chi connectivity index (χ3v) is 1.38. The van der Waals surface area contributed by atoms with Crippen LogP contribution in [0.1, 0.15) is 17.5 Å². The third-order valence-electron chi connectivity index (χ3n) is 1.38. The number of rotatable bonds is 2. The zero-order valence-corrected chi connectivity index (χ0v) is 6.86. The van der Waals surface area contributed by atoms with Gasteiger partial charge in [-0.05, 0) is 6.92 Å². The van der Waals surface area contributed by atoms with Gasteiger partial charge in [0, 0.05) is 0 Å². The summed E-state index contributed by atoms with van der Waals surface area (Å²) in [6.45, 7) is 2.14. The molecule has 0 saturated carbocycles. The molecule has 1 heterocycles. The largest absolute Gasteiger partial charge is 0.463 e. The number of hydrogen-bond donors (Lipinski definition) is 0. The van der Waals surface area contributed by atoms with Gasteiger partial charge in [-0.2, -0.15) is 4.74 Å². The van der Waals surface area contributed by atoms with E-state index in [0.717, 1.165) is 10.8 Å². The molecule has 5 nitrogen and oxygen atoms in total. The van der Waals surface area contributed by atoms with Crippen molar-refractivity contribution in [1.82, 2.24) is 4.74 Å². The van der Waals surface area contributed by atoms with Crippen molar-refractivity contribution < 1.29 is 14.1 Å². The summed E-state index contributed by atoms with van der Waals surface area (Å²) in [6, 6.07) is 1.11. The zero-order chi connectivity index (χ0) is 9.14. The Balaban J connectivity index is 3.05. The first-order chi connectivity index (χ1) is 5.69. The maximum absolute atomic E-state index is 11.0. The minimum Gasteiger partial charge on any atom is -0.463 e. The highest BCUT2D eigenvalue weighted by atomic mass is 16.6. The molecule has 1 rings (SSSR count). The highest BCUT2D eigenvalue weighted by Crippen LogP contribution is 1.97. The summed E-state index contributed by atoms with van der Waals surface area (Å²) in [5.41, 5.74) is -0.335. The van der Waals surface area contributed by atoms with Crippen molar-refractivity contribution in [2.24, 2.45) is 0 Å². The van der Waals surface area contributed by atoms with Gasteiger partial charge >= 0.3 is 5.97 Å². The van der Waals surface area contributed by atoms with Crippen LogP contribution in [0.5, 0.6) is 0 Å². The Labute approximate surface area is 68.5 Å². The number of esters is 1. The summed E-state index contributed by atoms with van der Waals surface area (Å²) >= 11 is 0. The average Bonchev–Trinajstić information content (AvgIpc) is 2.45. The quantitative estimate of drug-likeness (QED) is 0.598. The monoisotopic (exact) mass is 171 g/mol. The lowest BCUT2D eigenvalue weighted by atomic mass is 10.5. The fourth-order valence-electron chi connectivity index (χ4n) is 0.791. The number of methoxy groups -OCH3 is 1. The molecular formula is C7H9NO4. The molecule has 0 saturated heterocycles. The molecule has 0 aliphatic heterocycles. The molecular weight excluding hydrogens is 162 g/mol. The van der Waals surface area contributed by atoms with E-state index in [1.807, 2.05) is 0 Å². The van der Waals surface area contributed by atoms with Crippen LogP contribution < -0.4 is 5.56 Å². The minimum absolute atomic E-state index is 0.0654. The predicted molar refractivity (Wildman–Crippen MR) is 40.0 cm³/mol. The fourth-order valence-corrected chi connectivity index (χ4v) is 0.791. The van der Waals surface area contributed by atoms with Crippen molar-refractivity contribution in [3.63, 3.8) is 0 Å². The maximum atomic E-state index is 11.0. The summed E-state index contributed by atoms with van der Waals surface area (Å²) in [7, 11) is 1.23. The van der Waals surface area contributed by atoms with Crippen LogP contribution >= 0.6 is 0 Å². The van der Waals surface area contributed by atoms with Crippen LogP contribution in [0.15, 0.2) is 15.4 Å². The summed E-state index contributed by atoms with van der Waals surface area (Å²) in [4.78, 5) is 21.8. The van der Waals surface area contributed by atoms with E-state index in [0.29, 0.717) is 6.54 Å². The number of aryl methyl sites for hydroxylation is 1. The number of carbonyl (C=O) groups is 1. The Bertz CT molecular complexity index is 335. The van der Waals surface area contributed by atoms with Crippen molar-refractivity contribution >= 4 is 5.97 Å². The zero-order valence-electron chi connectivity index (χ0n) is 6.86. The van der Waals surface area contributed by atoms with Gasteiger partial charge in [0.05, 0.1) is 19.7 Å². The molecule has 0 radical (unpaired) electrons. The van der Waals surface area contributed by atoms with E-state index < -0.39 is 5.97 Å². The van der Waals surface area contributed by atoms with Gasteiger partial charge in [0.1, 0.15) is 0 Å². The number of ether oxygens (including phenoxy) is 1. The van der Waals surface area contributed by atoms with E-state index in [4.69, 9.17) is 4.52 Å². The Morgan fingerprint density at radius 2 is 2.42 bits per heavy atom.